The van der Waals surface area contributed by atoms with Crippen LogP contribution in [0.25, 0.3) is 0 Å². The molecule has 0 N–H and O–H groups in total. The van der Waals surface area contributed by atoms with E-state index in [0.717, 1.165) is 11.4 Å². The van der Waals surface area contributed by atoms with E-state index in [-0.39, 0.29) is 28.8 Å². The van der Waals surface area contributed by atoms with Crippen LogP contribution in [0.15, 0.2) is 109 Å². The van der Waals surface area contributed by atoms with Gasteiger partial charge in [-0.15, -0.1) is 0 Å². The van der Waals surface area contributed by atoms with Crippen LogP contribution in [-0.2, 0) is 29.9 Å². The van der Waals surface area contributed by atoms with Crippen molar-refractivity contribution < 1.29 is 19.1 Å². The molecule has 1 atom stereocenters. The van der Waals surface area contributed by atoms with Gasteiger partial charge in [0.05, 0.1) is 19.3 Å². The maximum Gasteiger partial charge on any atom is 0.330 e. The smallest absolute Gasteiger partial charge is 0.330 e. The molecule has 0 aliphatic carbocycles. The van der Waals surface area contributed by atoms with Gasteiger partial charge >= 0.3 is 11.9 Å². The minimum absolute atomic E-state index is 0.103. The van der Waals surface area contributed by atoms with Gasteiger partial charge in [-0.1, -0.05) is 101 Å². The predicted octanol–water partition coefficient (Wildman–Crippen LogP) is 7.19. The normalized spacial score (nSPS) is 19.7. The summed E-state index contributed by atoms with van der Waals surface area (Å²) in [7, 11) is 0. The van der Waals surface area contributed by atoms with E-state index in [2.05, 4.69) is 110 Å². The Balaban J connectivity index is 1.56. The van der Waals surface area contributed by atoms with Gasteiger partial charge in [-0.25, -0.2) is 9.59 Å². The summed E-state index contributed by atoms with van der Waals surface area (Å²) in [5.74, 6) is -0.646. The number of hydrogen-bond donors (Lipinski definition) is 0. The zero-order valence-electron chi connectivity index (χ0n) is 26.2. The zero-order valence-corrected chi connectivity index (χ0v) is 26.2. The zero-order chi connectivity index (χ0) is 31.0. The maximum absolute atomic E-state index is 11.9. The Morgan fingerprint density at radius 2 is 1.35 bits per heavy atom. The molecule has 0 fully saturated rings. The third-order valence-electron chi connectivity index (χ3n) is 8.22. The fourth-order valence-electron chi connectivity index (χ4n) is 6.14. The van der Waals surface area contributed by atoms with E-state index in [0.29, 0.717) is 26.3 Å². The van der Waals surface area contributed by atoms with Crippen LogP contribution in [0.5, 0.6) is 0 Å². The first-order chi connectivity index (χ1) is 20.6. The summed E-state index contributed by atoms with van der Waals surface area (Å²) in [6, 6.07) is 17.0. The van der Waals surface area contributed by atoms with E-state index in [9.17, 15) is 9.59 Å². The number of esters is 2. The van der Waals surface area contributed by atoms with Gasteiger partial charge in [0.15, 0.2) is 0 Å². The van der Waals surface area contributed by atoms with Gasteiger partial charge in [0.2, 0.25) is 0 Å². The first kappa shape index (κ1) is 31.6. The van der Waals surface area contributed by atoms with Crippen LogP contribution < -0.4 is 9.80 Å². The quantitative estimate of drug-likeness (QED) is 0.159. The first-order valence-corrected chi connectivity index (χ1v) is 15.1. The van der Waals surface area contributed by atoms with Crippen LogP contribution in [0.1, 0.15) is 52.7 Å². The van der Waals surface area contributed by atoms with Crippen LogP contribution >= 0.6 is 0 Å². The van der Waals surface area contributed by atoms with Crippen LogP contribution in [0, 0.1) is 0 Å². The Morgan fingerprint density at radius 1 is 0.767 bits per heavy atom. The lowest BCUT2D eigenvalue weighted by Gasteiger charge is -2.31. The molecule has 2 aliphatic rings. The van der Waals surface area contributed by atoms with Crippen molar-refractivity contribution >= 4 is 23.3 Å². The van der Waals surface area contributed by atoms with E-state index < -0.39 is 0 Å². The molecule has 2 aliphatic heterocycles. The van der Waals surface area contributed by atoms with E-state index in [1.54, 1.807) is 6.92 Å². The summed E-state index contributed by atoms with van der Waals surface area (Å²) < 4.78 is 10.1. The van der Waals surface area contributed by atoms with Crippen molar-refractivity contribution in [1.29, 1.82) is 0 Å². The molecule has 1 unspecified atom stereocenters. The molecule has 0 saturated carbocycles. The van der Waals surface area contributed by atoms with Crippen LogP contribution in [0.4, 0.5) is 11.4 Å². The van der Waals surface area contributed by atoms with Gasteiger partial charge in [-0.3, -0.25) is 0 Å². The Kier molecular flexibility index (Phi) is 10.1. The highest BCUT2D eigenvalue weighted by atomic mass is 16.5. The molecule has 43 heavy (non-hydrogen) atoms. The Labute approximate surface area is 256 Å². The molecule has 0 amide bonds. The third kappa shape index (κ3) is 6.85. The van der Waals surface area contributed by atoms with Crippen molar-refractivity contribution in [2.45, 2.75) is 58.4 Å². The molecular weight excluding hydrogens is 536 g/mol. The van der Waals surface area contributed by atoms with Gasteiger partial charge < -0.3 is 19.3 Å². The van der Waals surface area contributed by atoms with E-state index in [1.165, 1.54) is 29.0 Å². The molecule has 6 heteroatoms. The fourth-order valence-corrected chi connectivity index (χ4v) is 6.14. The van der Waals surface area contributed by atoms with Crippen LogP contribution in [0.3, 0.4) is 0 Å². The van der Waals surface area contributed by atoms with Gasteiger partial charge in [0, 0.05) is 53.1 Å². The second kappa shape index (κ2) is 13.8. The number of para-hydroxylation sites is 2. The highest BCUT2D eigenvalue weighted by Gasteiger charge is 2.42. The molecule has 0 radical (unpaired) electrons. The second-order valence-electron chi connectivity index (χ2n) is 11.7. The predicted molar refractivity (Wildman–Crippen MR) is 175 cm³/mol. The largest absolute Gasteiger partial charge is 0.463 e. The van der Waals surface area contributed by atoms with E-state index >= 15 is 0 Å². The lowest BCUT2D eigenvalue weighted by molar-refractivity contribution is -0.138. The Morgan fingerprint density at radius 3 is 2.00 bits per heavy atom. The van der Waals surface area contributed by atoms with Gasteiger partial charge in [-0.05, 0) is 43.2 Å². The molecule has 2 heterocycles. The monoisotopic (exact) mass is 580 g/mol. The van der Waals surface area contributed by atoms with Gasteiger partial charge in [0.25, 0.3) is 0 Å². The number of anilines is 2. The number of rotatable bonds is 11. The topological polar surface area (TPSA) is 59.1 Å². The van der Waals surface area contributed by atoms with Crippen molar-refractivity contribution in [2.24, 2.45) is 0 Å². The minimum atomic E-state index is -0.327. The first-order valence-electron chi connectivity index (χ1n) is 15.1. The molecule has 2 aromatic rings. The molecule has 2 aromatic carbocycles. The lowest BCUT2D eigenvalue weighted by Crippen LogP contribution is -2.40. The number of carbonyl (C=O) groups is 2. The molecule has 0 aromatic heterocycles. The number of benzene rings is 2. The average Bonchev–Trinajstić information content (AvgIpc) is 3.32. The van der Waals surface area contributed by atoms with E-state index in [1.807, 2.05) is 25.1 Å². The molecule has 0 spiro atoms. The number of ether oxygens (including phenoxy) is 2. The standard InChI is InChI=1S/C37H44N2O4/c1-7-42-34(40)24-16-26-38-30-20-14-12-18-28(30)36(3,4)32(38)22-10-9-11-23-33-37(5,6)29-19-13-15-21-31(29)39(33)27-17-25-35(41)43-8-2/h9-25,32H,7-8,26-27H2,1-6H3/b11-9+,22-10+,24-16+,25-17+,33-23+. The third-order valence-corrected chi connectivity index (χ3v) is 8.22. The highest BCUT2D eigenvalue weighted by Crippen LogP contribution is 2.48. The summed E-state index contributed by atoms with van der Waals surface area (Å²) >= 11 is 0. The van der Waals surface area contributed by atoms with Crippen LogP contribution in [-0.4, -0.2) is 44.3 Å². The molecule has 226 valence electrons. The lowest BCUT2D eigenvalue weighted by atomic mass is 9.80. The summed E-state index contributed by atoms with van der Waals surface area (Å²) in [6.07, 6.45) is 17.4. The van der Waals surface area contributed by atoms with Crippen molar-refractivity contribution in [2.75, 3.05) is 36.1 Å². The number of fused-ring (bicyclic) bond motifs is 2. The fraction of sp³-hybridized carbons (Fsp3) is 0.351. The molecule has 4 rings (SSSR count). The molecule has 0 saturated heterocycles. The Bertz CT molecular complexity index is 1460. The minimum Gasteiger partial charge on any atom is -0.463 e. The van der Waals surface area contributed by atoms with E-state index in [4.69, 9.17) is 9.47 Å². The Hall–Kier alpha value is -4.32. The number of allylic oxidation sites excluding steroid dienone is 5. The van der Waals surface area contributed by atoms with Crippen molar-refractivity contribution in [3.05, 3.63) is 120 Å². The summed E-state index contributed by atoms with van der Waals surface area (Å²) in [6.45, 7) is 14.5. The maximum atomic E-state index is 11.9. The molecule has 6 nitrogen and oxygen atoms in total. The number of nitrogens with zero attached hydrogens (tertiary/aromatic N) is 2. The summed E-state index contributed by atoms with van der Waals surface area (Å²) in [4.78, 5) is 28.4. The molecular formula is C37H44N2O4. The van der Waals surface area contributed by atoms with Gasteiger partial charge in [-0.2, -0.15) is 0 Å². The summed E-state index contributed by atoms with van der Waals surface area (Å²) in [5, 5.41) is 0. The number of carbonyl (C=O) groups excluding carboxylic acids is 2. The second-order valence-corrected chi connectivity index (χ2v) is 11.7. The highest BCUT2D eigenvalue weighted by molar-refractivity contribution is 5.82. The van der Waals surface area contributed by atoms with Gasteiger partial charge in [0.1, 0.15) is 0 Å². The average molecular weight is 581 g/mol. The van der Waals surface area contributed by atoms with Crippen molar-refractivity contribution in [1.82, 2.24) is 0 Å². The SMILES string of the molecule is CCOC(=O)/C=C/CN1/C(=C/C=C/C=C/C2N(C/C=C/C(=O)OCC)c3ccccc3C2(C)C)C(C)(C)c2ccccc21. The van der Waals surface area contributed by atoms with Crippen molar-refractivity contribution in [3.8, 4) is 0 Å². The van der Waals surface area contributed by atoms with Crippen molar-refractivity contribution in [3.63, 3.8) is 0 Å². The number of hydrogen-bond acceptors (Lipinski definition) is 6. The summed E-state index contributed by atoms with van der Waals surface area (Å²) in [5.41, 5.74) is 5.72. The van der Waals surface area contributed by atoms with Crippen LogP contribution in [0.2, 0.25) is 0 Å². The molecule has 0 bridgehead atoms.